The second-order valence-corrected chi connectivity index (χ2v) is 6.07. The molecule has 0 spiro atoms. The van der Waals surface area contributed by atoms with Crippen molar-refractivity contribution in [2.75, 3.05) is 0 Å². The lowest BCUT2D eigenvalue weighted by Crippen LogP contribution is -2.06. The van der Waals surface area contributed by atoms with Gasteiger partial charge < -0.3 is 0 Å². The summed E-state index contributed by atoms with van der Waals surface area (Å²) in [6, 6.07) is 7.83. The third kappa shape index (κ3) is 2.92. The number of H-pyrrole nitrogens is 1. The van der Waals surface area contributed by atoms with Crippen molar-refractivity contribution < 1.29 is 13.2 Å². The second kappa shape index (κ2) is 5.61. The molecule has 0 unspecified atom stereocenters. The third-order valence-corrected chi connectivity index (χ3v) is 4.38. The summed E-state index contributed by atoms with van der Waals surface area (Å²) < 4.78 is 39.0. The zero-order valence-corrected chi connectivity index (χ0v) is 12.6. The van der Waals surface area contributed by atoms with Gasteiger partial charge in [0.05, 0.1) is 11.8 Å². The van der Waals surface area contributed by atoms with E-state index in [2.05, 4.69) is 10.2 Å². The van der Waals surface area contributed by atoms with Crippen LogP contribution in [0.2, 0.25) is 0 Å². The molecule has 0 bridgehead atoms. The molecule has 1 aromatic carbocycles. The van der Waals surface area contributed by atoms with E-state index in [4.69, 9.17) is 0 Å². The predicted octanol–water partition coefficient (Wildman–Crippen LogP) is 5.06. The molecule has 2 aromatic heterocycles. The summed E-state index contributed by atoms with van der Waals surface area (Å²) >= 11 is 1.59. The van der Waals surface area contributed by atoms with Crippen LogP contribution in [0.3, 0.4) is 0 Å². The Morgan fingerprint density at radius 1 is 1.18 bits per heavy atom. The smallest absolute Gasteiger partial charge is 0.282 e. The summed E-state index contributed by atoms with van der Waals surface area (Å²) in [6.45, 7) is 1.80. The highest BCUT2D eigenvalue weighted by Crippen LogP contribution is 2.35. The monoisotopic (exact) mass is 322 g/mol. The number of nitrogens with one attached hydrogen (secondary N) is 1. The van der Waals surface area contributed by atoms with Crippen molar-refractivity contribution in [3.8, 4) is 11.1 Å². The normalized spacial score (nSPS) is 11.8. The lowest BCUT2D eigenvalue weighted by Gasteiger charge is -2.13. The van der Waals surface area contributed by atoms with Crippen LogP contribution in [0.4, 0.5) is 13.2 Å². The molecule has 114 valence electrons. The standard InChI is InChI=1S/C16H13F3N2S/c1-10-15(9-20-21-10)14-8-12(16(17,18)19)5-4-11(14)7-13-3-2-6-22-13/h2-6,8-9H,7H2,1H3,(H,20,21). The lowest BCUT2D eigenvalue weighted by atomic mass is 9.95. The minimum atomic E-state index is -4.35. The van der Waals surface area contributed by atoms with Gasteiger partial charge in [0, 0.05) is 22.6 Å². The van der Waals surface area contributed by atoms with Crippen LogP contribution < -0.4 is 0 Å². The molecule has 2 heterocycles. The molecule has 1 N–H and O–H groups in total. The highest BCUT2D eigenvalue weighted by Gasteiger charge is 2.31. The Morgan fingerprint density at radius 3 is 2.59 bits per heavy atom. The number of halogens is 3. The maximum atomic E-state index is 13.0. The number of rotatable bonds is 3. The molecule has 22 heavy (non-hydrogen) atoms. The number of benzene rings is 1. The lowest BCUT2D eigenvalue weighted by molar-refractivity contribution is -0.137. The highest BCUT2D eigenvalue weighted by molar-refractivity contribution is 7.09. The zero-order chi connectivity index (χ0) is 15.7. The fourth-order valence-electron chi connectivity index (χ4n) is 2.38. The number of alkyl halides is 3. The van der Waals surface area contributed by atoms with Crippen LogP contribution in [0.15, 0.2) is 41.9 Å². The van der Waals surface area contributed by atoms with Crippen molar-refractivity contribution in [2.24, 2.45) is 0 Å². The molecule has 0 aliphatic carbocycles. The van der Waals surface area contributed by atoms with E-state index in [9.17, 15) is 13.2 Å². The highest BCUT2D eigenvalue weighted by atomic mass is 32.1. The first-order valence-electron chi connectivity index (χ1n) is 6.68. The van der Waals surface area contributed by atoms with E-state index in [-0.39, 0.29) is 0 Å². The summed E-state index contributed by atoms with van der Waals surface area (Å²) in [7, 11) is 0. The third-order valence-electron chi connectivity index (χ3n) is 3.50. The molecule has 0 fully saturated rings. The second-order valence-electron chi connectivity index (χ2n) is 5.03. The summed E-state index contributed by atoms with van der Waals surface area (Å²) in [5.74, 6) is 0. The van der Waals surface area contributed by atoms with Gasteiger partial charge in [-0.25, -0.2) is 0 Å². The Kier molecular flexibility index (Phi) is 3.78. The zero-order valence-electron chi connectivity index (χ0n) is 11.7. The quantitative estimate of drug-likeness (QED) is 0.717. The number of hydrogen-bond acceptors (Lipinski definition) is 2. The average molecular weight is 322 g/mol. The number of aromatic nitrogens is 2. The summed E-state index contributed by atoms with van der Waals surface area (Å²) in [5.41, 5.74) is 2.26. The maximum Gasteiger partial charge on any atom is 0.416 e. The van der Waals surface area contributed by atoms with E-state index in [1.54, 1.807) is 30.5 Å². The largest absolute Gasteiger partial charge is 0.416 e. The van der Waals surface area contributed by atoms with Crippen molar-refractivity contribution >= 4 is 11.3 Å². The van der Waals surface area contributed by atoms with Crippen LogP contribution in [0.1, 0.15) is 21.7 Å². The number of nitrogens with zero attached hydrogens (tertiary/aromatic N) is 1. The Labute approximate surface area is 129 Å². The van der Waals surface area contributed by atoms with Gasteiger partial charge in [0.25, 0.3) is 0 Å². The van der Waals surface area contributed by atoms with Gasteiger partial charge in [0.1, 0.15) is 0 Å². The van der Waals surface area contributed by atoms with Crippen molar-refractivity contribution in [1.82, 2.24) is 10.2 Å². The first-order chi connectivity index (χ1) is 10.4. The molecule has 0 saturated heterocycles. The van der Waals surface area contributed by atoms with E-state index in [1.165, 1.54) is 6.07 Å². The molecule has 3 aromatic rings. The molecule has 0 radical (unpaired) electrons. The first kappa shape index (κ1) is 14.8. The SMILES string of the molecule is Cc1[nH]ncc1-c1cc(C(F)(F)F)ccc1Cc1cccs1. The molecular weight excluding hydrogens is 309 g/mol. The minimum Gasteiger partial charge on any atom is -0.282 e. The van der Waals surface area contributed by atoms with E-state index in [0.717, 1.165) is 22.2 Å². The van der Waals surface area contributed by atoms with Crippen LogP contribution in [-0.2, 0) is 12.6 Å². The minimum absolute atomic E-state index is 0.578. The number of aromatic amines is 1. The summed E-state index contributed by atoms with van der Waals surface area (Å²) in [4.78, 5) is 1.11. The molecule has 3 rings (SSSR count). The van der Waals surface area contributed by atoms with E-state index >= 15 is 0 Å². The van der Waals surface area contributed by atoms with Crippen molar-refractivity contribution in [2.45, 2.75) is 19.5 Å². The first-order valence-corrected chi connectivity index (χ1v) is 7.56. The van der Waals surface area contributed by atoms with Gasteiger partial charge >= 0.3 is 6.18 Å². The van der Waals surface area contributed by atoms with Crippen LogP contribution in [0.25, 0.3) is 11.1 Å². The Bertz CT molecular complexity index is 773. The van der Waals surface area contributed by atoms with Gasteiger partial charge in [0.2, 0.25) is 0 Å². The van der Waals surface area contributed by atoms with Crippen LogP contribution in [-0.4, -0.2) is 10.2 Å². The van der Waals surface area contributed by atoms with Gasteiger partial charge in [-0.2, -0.15) is 18.3 Å². The Balaban J connectivity index is 2.11. The number of aryl methyl sites for hydroxylation is 1. The van der Waals surface area contributed by atoms with Crippen molar-refractivity contribution in [3.05, 3.63) is 63.6 Å². The molecular formula is C16H13F3N2S. The van der Waals surface area contributed by atoms with Gasteiger partial charge in [-0.1, -0.05) is 12.1 Å². The molecule has 0 aliphatic heterocycles. The molecule has 0 aliphatic rings. The van der Waals surface area contributed by atoms with Gasteiger partial charge in [-0.3, -0.25) is 5.10 Å². The number of thiophene rings is 1. The van der Waals surface area contributed by atoms with Gasteiger partial charge in [0.15, 0.2) is 0 Å². The Hall–Kier alpha value is -2.08. The predicted molar refractivity (Wildman–Crippen MR) is 80.9 cm³/mol. The van der Waals surface area contributed by atoms with E-state index in [0.29, 0.717) is 17.5 Å². The maximum absolute atomic E-state index is 13.0. The molecule has 0 amide bonds. The number of hydrogen-bond donors (Lipinski definition) is 1. The van der Waals surface area contributed by atoms with Crippen LogP contribution in [0.5, 0.6) is 0 Å². The fraction of sp³-hybridized carbons (Fsp3) is 0.188. The van der Waals surface area contributed by atoms with Gasteiger partial charge in [-0.05, 0) is 41.6 Å². The van der Waals surface area contributed by atoms with Gasteiger partial charge in [-0.15, -0.1) is 11.3 Å². The van der Waals surface area contributed by atoms with Crippen molar-refractivity contribution in [1.29, 1.82) is 0 Å². The topological polar surface area (TPSA) is 28.7 Å². The van der Waals surface area contributed by atoms with E-state index < -0.39 is 11.7 Å². The summed E-state index contributed by atoms with van der Waals surface area (Å²) in [6.07, 6.45) is -2.17. The fourth-order valence-corrected chi connectivity index (χ4v) is 3.11. The van der Waals surface area contributed by atoms with Crippen LogP contribution in [0, 0.1) is 6.92 Å². The average Bonchev–Trinajstić information content (AvgIpc) is 3.10. The molecule has 2 nitrogen and oxygen atoms in total. The van der Waals surface area contributed by atoms with Crippen LogP contribution >= 0.6 is 11.3 Å². The molecule has 6 heteroatoms. The Morgan fingerprint density at radius 2 is 2.00 bits per heavy atom. The van der Waals surface area contributed by atoms with Crippen molar-refractivity contribution in [3.63, 3.8) is 0 Å². The molecule has 0 saturated carbocycles. The van der Waals surface area contributed by atoms with E-state index in [1.807, 2.05) is 17.5 Å². The molecule has 0 atom stereocenters. The summed E-state index contributed by atoms with van der Waals surface area (Å²) in [5, 5.41) is 8.67.